The topological polar surface area (TPSA) is 0 Å². The second kappa shape index (κ2) is 19.3. The predicted molar refractivity (Wildman–Crippen MR) is 150 cm³/mol. The molecule has 0 heterocycles. The molecule has 0 nitrogen and oxygen atoms in total. The van der Waals surface area contributed by atoms with Crippen molar-refractivity contribution in [2.45, 2.75) is 79.3 Å². The second-order valence-electron chi connectivity index (χ2n) is 9.31. The molecule has 3 aromatic rings. The quantitative estimate of drug-likeness (QED) is 0.277. The number of rotatable bonds is 7. The first-order valence-corrected chi connectivity index (χ1v) is 18.5. The van der Waals surface area contributed by atoms with Crippen LogP contribution >= 0.6 is 0 Å². The minimum atomic E-state index is 0. The van der Waals surface area contributed by atoms with Crippen molar-refractivity contribution in [1.29, 1.82) is 0 Å². The molecule has 36 heavy (non-hydrogen) atoms. The van der Waals surface area contributed by atoms with Crippen molar-refractivity contribution in [3.63, 3.8) is 0 Å². The fourth-order valence-electron chi connectivity index (χ4n) is 4.09. The zero-order valence-electron chi connectivity index (χ0n) is 22.9. The molecule has 0 amide bonds. The Morgan fingerprint density at radius 3 is 1.89 bits per heavy atom. The van der Waals surface area contributed by atoms with Gasteiger partial charge in [0.15, 0.2) is 0 Å². The molecule has 0 saturated heterocycles. The molecule has 1 aliphatic carbocycles. The van der Waals surface area contributed by atoms with E-state index in [2.05, 4.69) is 114 Å². The molecule has 4 rings (SSSR count). The number of allylic oxidation sites excluding steroid dienone is 4. The Balaban J connectivity index is 0.000000521. The Kier molecular flexibility index (Phi) is 18.9. The molecule has 1 aliphatic rings. The van der Waals surface area contributed by atoms with Gasteiger partial charge in [0.1, 0.15) is 0 Å². The van der Waals surface area contributed by atoms with Gasteiger partial charge in [-0.2, -0.15) is 11.1 Å². The zero-order valence-corrected chi connectivity index (χ0v) is 27.9. The average Bonchev–Trinajstić information content (AvgIpc) is 3.39. The predicted octanol–water partition coefficient (Wildman–Crippen LogP) is 4.08. The van der Waals surface area contributed by atoms with Gasteiger partial charge in [0, 0.05) is 0 Å². The van der Waals surface area contributed by atoms with Crippen LogP contribution in [0.5, 0.6) is 0 Å². The molecule has 4 heteroatoms. The number of hydrogen-bond donors (Lipinski definition) is 0. The van der Waals surface area contributed by atoms with E-state index in [-0.39, 0.29) is 30.2 Å². The smallest absolute Gasteiger partial charge is 0.0623 e. The van der Waals surface area contributed by atoms with Gasteiger partial charge in [-0.05, 0) is 0 Å². The summed E-state index contributed by atoms with van der Waals surface area (Å²) in [5.41, 5.74) is 7.04. The van der Waals surface area contributed by atoms with Crippen LogP contribution in [0.15, 0.2) is 83.4 Å². The first-order chi connectivity index (χ1) is 16.4. The minimum Gasteiger partial charge on any atom is -1.00 e. The van der Waals surface area contributed by atoms with Crippen LogP contribution in [0.4, 0.5) is 0 Å². The number of halogens is 2. The SMILES string of the molecule is CC1=[C-]C(C)C(C)=C1C.CCCC[Si](=[Zr+2])CCCC.[Cl-].[Cl-].c1ccc(-c2c[cH-]c3ccccc23)cc1. The molecule has 3 aromatic carbocycles. The molecule has 0 fully saturated rings. The van der Waals surface area contributed by atoms with E-state index in [0.717, 1.165) is 0 Å². The molecule has 1 atom stereocenters. The van der Waals surface area contributed by atoms with Crippen LogP contribution < -0.4 is 24.8 Å². The van der Waals surface area contributed by atoms with E-state index in [1.54, 1.807) is 12.1 Å². The summed E-state index contributed by atoms with van der Waals surface area (Å²) in [4.78, 5) is 0. The second-order valence-corrected chi connectivity index (χ2v) is 16.7. The standard InChI is InChI=1S/C15H11.C9H13.C8H18Si.2ClH.Zr/c1-2-6-12(7-3-1)15-11-10-13-8-4-5-9-14(13)15;1-6-5-7(2)9(4)8(6)3;1-3-5-7-9-8-6-4-2;;;/h1-11H;6H,1-4H3;3-8H2,1-2H3;2*1H;/q2*-1;;;;+2/p-2. The summed E-state index contributed by atoms with van der Waals surface area (Å²) < 4.78 is 0. The number of benzene rings is 2. The van der Waals surface area contributed by atoms with E-state index in [9.17, 15) is 0 Å². The monoisotopic (exact) mass is 614 g/mol. The van der Waals surface area contributed by atoms with E-state index in [4.69, 9.17) is 0 Å². The van der Waals surface area contributed by atoms with Crippen LogP contribution in [0.3, 0.4) is 0 Å². The number of fused-ring (bicyclic) bond motifs is 1. The third kappa shape index (κ3) is 11.3. The van der Waals surface area contributed by atoms with Crippen molar-refractivity contribution >= 4 is 16.2 Å². The van der Waals surface area contributed by atoms with Crippen LogP contribution in [0, 0.1) is 12.0 Å². The first kappa shape index (κ1) is 35.2. The maximum absolute atomic E-state index is 3.36. The van der Waals surface area contributed by atoms with Gasteiger partial charge in [-0.25, -0.2) is 5.57 Å². The summed E-state index contributed by atoms with van der Waals surface area (Å²) in [6.45, 7) is 13.3. The fraction of sp³-hybridized carbons (Fsp3) is 0.406. The molecular weight excluding hydrogens is 575 g/mol. The fourth-order valence-corrected chi connectivity index (χ4v) is 8.50. The van der Waals surface area contributed by atoms with Gasteiger partial charge in [0.2, 0.25) is 0 Å². The van der Waals surface area contributed by atoms with Gasteiger partial charge in [0.25, 0.3) is 0 Å². The third-order valence-electron chi connectivity index (χ3n) is 6.67. The van der Waals surface area contributed by atoms with Gasteiger partial charge >= 0.3 is 80.4 Å². The Hall–Kier alpha value is -0.790. The van der Waals surface area contributed by atoms with Crippen molar-refractivity contribution in [3.8, 4) is 11.1 Å². The van der Waals surface area contributed by atoms with Gasteiger partial charge in [-0.3, -0.25) is 6.08 Å². The molecule has 0 radical (unpaired) electrons. The zero-order chi connectivity index (χ0) is 24.9. The summed E-state index contributed by atoms with van der Waals surface area (Å²) >= 11 is 1.86. The number of unbranched alkanes of at least 4 members (excludes halogenated alkanes) is 2. The van der Waals surface area contributed by atoms with Crippen molar-refractivity contribution < 1.29 is 48.1 Å². The molecule has 0 aromatic heterocycles. The summed E-state index contributed by atoms with van der Waals surface area (Å²) in [5.74, 6) is 0.560. The molecule has 1 unspecified atom stereocenters. The average molecular weight is 617 g/mol. The molecule has 0 aliphatic heterocycles. The summed E-state index contributed by atoms with van der Waals surface area (Å²) in [6, 6.07) is 26.6. The van der Waals surface area contributed by atoms with Gasteiger partial charge in [-0.1, -0.05) is 68.7 Å². The maximum atomic E-state index is 3.36. The van der Waals surface area contributed by atoms with Gasteiger partial charge in [-0.15, -0.1) is 53.6 Å². The van der Waals surface area contributed by atoms with E-state index >= 15 is 0 Å². The van der Waals surface area contributed by atoms with E-state index in [0.29, 0.717) is 5.92 Å². The van der Waals surface area contributed by atoms with Crippen LogP contribution in [0.2, 0.25) is 12.1 Å². The Labute approximate surface area is 248 Å². The van der Waals surface area contributed by atoms with Crippen LogP contribution in [0.25, 0.3) is 21.9 Å². The van der Waals surface area contributed by atoms with Gasteiger partial charge < -0.3 is 24.8 Å². The Morgan fingerprint density at radius 2 is 1.42 bits per heavy atom. The molecule has 0 bridgehead atoms. The third-order valence-corrected chi connectivity index (χ3v) is 12.3. The van der Waals surface area contributed by atoms with Crippen LogP contribution in [-0.2, 0) is 23.3 Å². The van der Waals surface area contributed by atoms with Gasteiger partial charge in [0.05, 0.1) is 0 Å². The normalized spacial score (nSPS) is 14.0. The summed E-state index contributed by atoms with van der Waals surface area (Å²) in [6.07, 6.45) is 9.13. The van der Waals surface area contributed by atoms with E-state index in [1.807, 2.05) is 23.3 Å². The first-order valence-electron chi connectivity index (χ1n) is 12.9. The molecule has 0 spiro atoms. The van der Waals surface area contributed by atoms with Crippen LogP contribution in [0.1, 0.15) is 67.2 Å². The largest absolute Gasteiger partial charge is 1.00 e. The molecule has 194 valence electrons. The van der Waals surface area contributed by atoms with E-state index < -0.39 is 0 Å². The molecule has 0 N–H and O–H groups in total. The maximum Gasteiger partial charge on any atom is -0.0623 e. The number of hydrogen-bond acceptors (Lipinski definition) is 0. The molecule has 0 saturated carbocycles. The minimum absolute atomic E-state index is 0. The Bertz CT molecular complexity index is 1090. The van der Waals surface area contributed by atoms with Crippen molar-refractivity contribution in [2.75, 3.05) is 0 Å². The molecular formula is C32H42Cl2SiZr-2. The summed E-state index contributed by atoms with van der Waals surface area (Å²) in [7, 11) is 0. The van der Waals surface area contributed by atoms with Crippen molar-refractivity contribution in [1.82, 2.24) is 0 Å². The Morgan fingerprint density at radius 1 is 0.861 bits per heavy atom. The van der Waals surface area contributed by atoms with Crippen molar-refractivity contribution in [3.05, 3.63) is 89.5 Å². The summed E-state index contributed by atoms with van der Waals surface area (Å²) in [5, 5.41) is 2.65. The van der Waals surface area contributed by atoms with Crippen molar-refractivity contribution in [2.24, 2.45) is 5.92 Å². The van der Waals surface area contributed by atoms with E-state index in [1.165, 1.54) is 64.3 Å². The van der Waals surface area contributed by atoms with Crippen LogP contribution in [-0.4, -0.2) is 5.43 Å².